The van der Waals surface area contributed by atoms with Crippen molar-refractivity contribution in [2.24, 2.45) is 0 Å². The topological polar surface area (TPSA) is 79.5 Å². The van der Waals surface area contributed by atoms with Crippen molar-refractivity contribution >= 4 is 17.5 Å². The summed E-state index contributed by atoms with van der Waals surface area (Å²) in [5, 5.41) is 8.73. The predicted octanol–water partition coefficient (Wildman–Crippen LogP) is 1.78. The van der Waals surface area contributed by atoms with Gasteiger partial charge in [-0.05, 0) is 44.5 Å². The van der Waals surface area contributed by atoms with Crippen molar-refractivity contribution in [3.63, 3.8) is 0 Å². The van der Waals surface area contributed by atoms with E-state index in [0.29, 0.717) is 17.9 Å². The summed E-state index contributed by atoms with van der Waals surface area (Å²) in [6.07, 6.45) is 1.73. The third-order valence-corrected chi connectivity index (χ3v) is 3.39. The van der Waals surface area contributed by atoms with Gasteiger partial charge >= 0.3 is 0 Å². The lowest BCUT2D eigenvalue weighted by molar-refractivity contribution is -0.115. The minimum Gasteiger partial charge on any atom is -0.385 e. The smallest absolute Gasteiger partial charge is 0.251 e. The Balaban J connectivity index is 2.46. The van der Waals surface area contributed by atoms with Crippen LogP contribution in [0.3, 0.4) is 0 Å². The zero-order chi connectivity index (χ0) is 17.1. The fourth-order valence-corrected chi connectivity index (χ4v) is 1.90. The molecule has 6 heteroatoms. The van der Waals surface area contributed by atoms with Gasteiger partial charge in [0, 0.05) is 31.0 Å². The number of hydrogen-bond donors (Lipinski definition) is 3. The summed E-state index contributed by atoms with van der Waals surface area (Å²) in [5.74, 6) is -0.268. The van der Waals surface area contributed by atoms with Crippen molar-refractivity contribution < 1.29 is 14.3 Å². The molecule has 3 N–H and O–H groups in total. The monoisotopic (exact) mass is 321 g/mol. The number of carbonyl (C=O) groups excluding carboxylic acids is 2. The van der Waals surface area contributed by atoms with Crippen LogP contribution in [0.1, 0.15) is 37.0 Å². The molecule has 0 bridgehead atoms. The molecule has 0 saturated carbocycles. The van der Waals surface area contributed by atoms with Crippen molar-refractivity contribution in [1.82, 2.24) is 10.6 Å². The first-order valence-corrected chi connectivity index (χ1v) is 7.97. The lowest BCUT2D eigenvalue weighted by atomic mass is 10.1. The maximum Gasteiger partial charge on any atom is 0.251 e. The van der Waals surface area contributed by atoms with Gasteiger partial charge in [0.15, 0.2) is 0 Å². The molecule has 0 spiro atoms. The Bertz CT molecular complexity index is 506. The van der Waals surface area contributed by atoms with Crippen LogP contribution in [-0.4, -0.2) is 44.7 Å². The minimum atomic E-state index is -0.137. The number of ether oxygens (including phenoxy) is 1. The second kappa shape index (κ2) is 10.7. The molecule has 23 heavy (non-hydrogen) atoms. The summed E-state index contributed by atoms with van der Waals surface area (Å²) in [6, 6.07) is 7.06. The molecule has 0 aliphatic heterocycles. The Hall–Kier alpha value is -1.92. The van der Waals surface area contributed by atoms with E-state index in [4.69, 9.17) is 4.74 Å². The van der Waals surface area contributed by atoms with Crippen LogP contribution in [0.5, 0.6) is 0 Å². The molecule has 0 heterocycles. The van der Waals surface area contributed by atoms with Crippen LogP contribution >= 0.6 is 0 Å². The molecule has 1 aromatic rings. The highest BCUT2D eigenvalue weighted by molar-refractivity contribution is 5.97. The lowest BCUT2D eigenvalue weighted by Crippen LogP contribution is -2.32. The zero-order valence-corrected chi connectivity index (χ0v) is 14.1. The number of anilines is 1. The first-order chi connectivity index (χ1) is 11.1. The van der Waals surface area contributed by atoms with E-state index in [1.807, 2.05) is 13.8 Å². The van der Waals surface area contributed by atoms with Crippen LogP contribution in [0.2, 0.25) is 0 Å². The van der Waals surface area contributed by atoms with Gasteiger partial charge < -0.3 is 20.7 Å². The molecule has 6 nitrogen and oxygen atoms in total. The molecule has 0 saturated heterocycles. The van der Waals surface area contributed by atoms with Crippen LogP contribution in [-0.2, 0) is 9.53 Å². The molecule has 2 amide bonds. The second-order valence-electron chi connectivity index (χ2n) is 5.43. The largest absolute Gasteiger partial charge is 0.385 e. The summed E-state index contributed by atoms with van der Waals surface area (Å²) in [5.41, 5.74) is 1.15. The highest BCUT2D eigenvalue weighted by Crippen LogP contribution is 2.11. The van der Waals surface area contributed by atoms with Crippen LogP contribution < -0.4 is 16.0 Å². The maximum atomic E-state index is 12.1. The van der Waals surface area contributed by atoms with Crippen molar-refractivity contribution in [2.75, 3.05) is 32.1 Å². The van der Waals surface area contributed by atoms with Gasteiger partial charge in [0.25, 0.3) is 5.91 Å². The molecular formula is C17H27N3O3. The van der Waals surface area contributed by atoms with E-state index in [1.54, 1.807) is 31.4 Å². The van der Waals surface area contributed by atoms with Crippen molar-refractivity contribution in [3.8, 4) is 0 Å². The summed E-state index contributed by atoms with van der Waals surface area (Å²) < 4.78 is 4.94. The average molecular weight is 321 g/mol. The van der Waals surface area contributed by atoms with Crippen LogP contribution in [0.4, 0.5) is 5.69 Å². The number of carbonyl (C=O) groups is 2. The third-order valence-electron chi connectivity index (χ3n) is 3.39. The predicted molar refractivity (Wildman–Crippen MR) is 91.7 cm³/mol. The molecule has 1 rings (SSSR count). The van der Waals surface area contributed by atoms with Gasteiger partial charge in [-0.25, -0.2) is 0 Å². The number of amides is 2. The summed E-state index contributed by atoms with van der Waals surface area (Å²) in [7, 11) is 1.65. The minimum absolute atomic E-state index is 0.122. The zero-order valence-electron chi connectivity index (χ0n) is 14.1. The fraction of sp³-hybridized carbons (Fsp3) is 0.529. The molecule has 0 aliphatic rings. The number of rotatable bonds is 10. The first kappa shape index (κ1) is 19.1. The Morgan fingerprint density at radius 3 is 2.78 bits per heavy atom. The highest BCUT2D eigenvalue weighted by atomic mass is 16.5. The molecule has 128 valence electrons. The van der Waals surface area contributed by atoms with E-state index >= 15 is 0 Å². The van der Waals surface area contributed by atoms with Crippen molar-refractivity contribution in [1.29, 1.82) is 0 Å². The van der Waals surface area contributed by atoms with E-state index in [9.17, 15) is 9.59 Å². The van der Waals surface area contributed by atoms with E-state index in [1.165, 1.54) is 0 Å². The molecule has 0 fully saturated rings. The van der Waals surface area contributed by atoms with Crippen LogP contribution in [0.15, 0.2) is 24.3 Å². The quantitative estimate of drug-likeness (QED) is 0.574. The molecule has 1 aromatic carbocycles. The van der Waals surface area contributed by atoms with Crippen molar-refractivity contribution in [3.05, 3.63) is 29.8 Å². The molecular weight excluding hydrogens is 294 g/mol. The summed E-state index contributed by atoms with van der Waals surface area (Å²) in [6.45, 7) is 5.59. The van der Waals surface area contributed by atoms with Gasteiger partial charge in [-0.2, -0.15) is 0 Å². The van der Waals surface area contributed by atoms with E-state index in [2.05, 4.69) is 16.0 Å². The Morgan fingerprint density at radius 1 is 1.30 bits per heavy atom. The molecule has 1 unspecified atom stereocenters. The van der Waals surface area contributed by atoms with Crippen LogP contribution in [0, 0.1) is 0 Å². The maximum absolute atomic E-state index is 12.1. The number of methoxy groups -OCH3 is 1. The lowest BCUT2D eigenvalue weighted by Gasteiger charge is -2.12. The summed E-state index contributed by atoms with van der Waals surface area (Å²) in [4.78, 5) is 23.9. The van der Waals surface area contributed by atoms with Crippen molar-refractivity contribution in [2.45, 2.75) is 32.7 Å². The molecule has 1 atom stereocenters. The standard InChI is InChI=1S/C17H27N3O3/c1-4-13(2)19-17(22)14-7-5-8-15(11-14)20-16(21)12-18-9-6-10-23-3/h5,7-8,11,13,18H,4,6,9-10,12H2,1-3H3,(H,19,22)(H,20,21). The Kier molecular flexibility index (Phi) is 8.94. The van der Waals surface area contributed by atoms with Gasteiger partial charge in [-0.1, -0.05) is 13.0 Å². The van der Waals surface area contributed by atoms with E-state index in [0.717, 1.165) is 19.4 Å². The first-order valence-electron chi connectivity index (χ1n) is 7.97. The average Bonchev–Trinajstić information content (AvgIpc) is 2.54. The number of nitrogens with one attached hydrogen (secondary N) is 3. The van der Waals surface area contributed by atoms with Gasteiger partial charge in [0.2, 0.25) is 5.91 Å². The van der Waals surface area contributed by atoms with Gasteiger partial charge in [0.05, 0.1) is 6.54 Å². The molecule has 0 radical (unpaired) electrons. The van der Waals surface area contributed by atoms with E-state index in [-0.39, 0.29) is 24.4 Å². The van der Waals surface area contributed by atoms with Gasteiger partial charge in [0.1, 0.15) is 0 Å². The summed E-state index contributed by atoms with van der Waals surface area (Å²) >= 11 is 0. The highest BCUT2D eigenvalue weighted by Gasteiger charge is 2.09. The second-order valence-corrected chi connectivity index (χ2v) is 5.43. The normalized spacial score (nSPS) is 11.8. The molecule has 0 aromatic heterocycles. The van der Waals surface area contributed by atoms with E-state index < -0.39 is 0 Å². The van der Waals surface area contributed by atoms with Gasteiger partial charge in [-0.3, -0.25) is 9.59 Å². The Morgan fingerprint density at radius 2 is 2.09 bits per heavy atom. The van der Waals surface area contributed by atoms with Crippen LogP contribution in [0.25, 0.3) is 0 Å². The Labute approximate surface area is 138 Å². The number of benzene rings is 1. The SMILES string of the molecule is CCC(C)NC(=O)c1cccc(NC(=O)CNCCCOC)c1. The molecule has 0 aliphatic carbocycles. The van der Waals surface area contributed by atoms with Gasteiger partial charge in [-0.15, -0.1) is 0 Å². The fourth-order valence-electron chi connectivity index (χ4n) is 1.90. The third kappa shape index (κ3) is 7.76. The number of hydrogen-bond acceptors (Lipinski definition) is 4.